The summed E-state index contributed by atoms with van der Waals surface area (Å²) in [5.41, 5.74) is 2.16. The number of aromatic nitrogens is 2. The van der Waals surface area contributed by atoms with Crippen molar-refractivity contribution in [3.63, 3.8) is 0 Å². The molecule has 0 saturated heterocycles. The highest BCUT2D eigenvalue weighted by Gasteiger charge is 2.21. The van der Waals surface area contributed by atoms with Crippen LogP contribution in [-0.4, -0.2) is 42.9 Å². The molecule has 0 fully saturated rings. The van der Waals surface area contributed by atoms with Crippen molar-refractivity contribution < 1.29 is 13.2 Å². The number of carbonyl (C=O) groups is 1. The van der Waals surface area contributed by atoms with Gasteiger partial charge in [-0.1, -0.05) is 61.1 Å². The minimum absolute atomic E-state index is 0.0229. The van der Waals surface area contributed by atoms with Crippen LogP contribution in [0.25, 0.3) is 10.6 Å². The Morgan fingerprint density at radius 3 is 2.37 bits per heavy atom. The number of nitrogens with one attached hydrogen (secondary N) is 1. The molecule has 0 aliphatic rings. The Hall–Kier alpha value is -2.33. The van der Waals surface area contributed by atoms with Crippen LogP contribution < -0.4 is 5.32 Å². The summed E-state index contributed by atoms with van der Waals surface area (Å²) in [5, 5.41) is 11.9. The predicted molar refractivity (Wildman–Crippen MR) is 120 cm³/mol. The number of hydrogen-bond donors (Lipinski definition) is 1. The van der Waals surface area contributed by atoms with E-state index >= 15 is 0 Å². The molecule has 0 spiro atoms. The summed E-state index contributed by atoms with van der Waals surface area (Å²) >= 11 is 7.35. The van der Waals surface area contributed by atoms with Crippen molar-refractivity contribution >= 4 is 44.0 Å². The second kappa shape index (κ2) is 8.81. The molecule has 0 saturated carbocycles. The molecule has 1 heterocycles. The Kier molecular flexibility index (Phi) is 6.56. The van der Waals surface area contributed by atoms with Gasteiger partial charge in [-0.3, -0.25) is 10.1 Å². The third-order valence-electron chi connectivity index (χ3n) is 4.43. The van der Waals surface area contributed by atoms with Gasteiger partial charge in [-0.2, -0.15) is 0 Å². The molecular weight excluding hydrogens is 444 g/mol. The Bertz CT molecular complexity index is 1170. The normalized spacial score (nSPS) is 11.8. The molecule has 0 aliphatic carbocycles. The number of halogens is 1. The van der Waals surface area contributed by atoms with Crippen molar-refractivity contribution in [1.82, 2.24) is 14.5 Å². The van der Waals surface area contributed by atoms with Crippen LogP contribution in [0.1, 0.15) is 35.7 Å². The Morgan fingerprint density at radius 1 is 1.10 bits per heavy atom. The van der Waals surface area contributed by atoms with Gasteiger partial charge in [-0.15, -0.1) is 10.2 Å². The van der Waals surface area contributed by atoms with Gasteiger partial charge in [0.05, 0.1) is 15.5 Å². The van der Waals surface area contributed by atoms with E-state index in [0.29, 0.717) is 16.1 Å². The maximum Gasteiger partial charge on any atom is 0.259 e. The minimum Gasteiger partial charge on any atom is -0.296 e. The number of sulfonamides is 1. The highest BCUT2D eigenvalue weighted by Crippen LogP contribution is 2.29. The zero-order chi connectivity index (χ0) is 22.1. The first-order chi connectivity index (χ1) is 14.1. The van der Waals surface area contributed by atoms with Gasteiger partial charge in [0, 0.05) is 19.7 Å². The van der Waals surface area contributed by atoms with Gasteiger partial charge < -0.3 is 0 Å². The molecule has 3 rings (SSSR count). The predicted octanol–water partition coefficient (Wildman–Crippen LogP) is 4.48. The average molecular weight is 465 g/mol. The number of carbonyl (C=O) groups excluding carboxylic acids is 1. The van der Waals surface area contributed by atoms with Crippen LogP contribution in [-0.2, 0) is 10.0 Å². The average Bonchev–Trinajstić information content (AvgIpc) is 3.16. The van der Waals surface area contributed by atoms with E-state index in [9.17, 15) is 13.2 Å². The summed E-state index contributed by atoms with van der Waals surface area (Å²) in [4.78, 5) is 12.7. The third-order valence-corrected chi connectivity index (χ3v) is 7.46. The summed E-state index contributed by atoms with van der Waals surface area (Å²) < 4.78 is 25.7. The molecule has 0 unspecified atom stereocenters. The summed E-state index contributed by atoms with van der Waals surface area (Å²) in [7, 11) is -0.861. The SMILES string of the molecule is CC(C)c1ccc(-c2nnc(NC(=O)c3cc(S(=O)(=O)N(C)C)ccc3Cl)s2)cc1. The monoisotopic (exact) mass is 464 g/mol. The van der Waals surface area contributed by atoms with E-state index in [4.69, 9.17) is 11.6 Å². The third kappa shape index (κ3) is 4.70. The van der Waals surface area contributed by atoms with Gasteiger partial charge >= 0.3 is 0 Å². The molecule has 0 bridgehead atoms. The van der Waals surface area contributed by atoms with Crippen LogP contribution in [0, 0.1) is 0 Å². The molecule has 7 nitrogen and oxygen atoms in total. The van der Waals surface area contributed by atoms with Crippen molar-refractivity contribution in [2.75, 3.05) is 19.4 Å². The fourth-order valence-electron chi connectivity index (χ4n) is 2.62. The largest absolute Gasteiger partial charge is 0.296 e. The topological polar surface area (TPSA) is 92.3 Å². The second-order valence-corrected chi connectivity index (χ2v) is 10.6. The minimum atomic E-state index is -3.69. The lowest BCUT2D eigenvalue weighted by molar-refractivity contribution is 0.102. The molecule has 1 N–H and O–H groups in total. The van der Waals surface area contributed by atoms with E-state index in [0.717, 1.165) is 9.87 Å². The number of nitrogens with zero attached hydrogens (tertiary/aromatic N) is 3. The van der Waals surface area contributed by atoms with Gasteiger partial charge in [0.15, 0.2) is 0 Å². The van der Waals surface area contributed by atoms with Gasteiger partial charge in [0.1, 0.15) is 5.01 Å². The van der Waals surface area contributed by atoms with Gasteiger partial charge in [0.2, 0.25) is 15.2 Å². The Labute approximate surface area is 184 Å². The van der Waals surface area contributed by atoms with Gasteiger partial charge in [0.25, 0.3) is 5.91 Å². The van der Waals surface area contributed by atoms with Crippen LogP contribution in [0.4, 0.5) is 5.13 Å². The molecule has 0 atom stereocenters. The van der Waals surface area contributed by atoms with E-state index in [1.807, 2.05) is 24.3 Å². The molecule has 2 aromatic carbocycles. The molecule has 30 heavy (non-hydrogen) atoms. The van der Waals surface area contributed by atoms with Crippen molar-refractivity contribution in [2.24, 2.45) is 0 Å². The number of rotatable bonds is 6. The lowest BCUT2D eigenvalue weighted by Gasteiger charge is -2.12. The van der Waals surface area contributed by atoms with Crippen molar-refractivity contribution in [3.8, 4) is 10.6 Å². The zero-order valence-electron chi connectivity index (χ0n) is 16.9. The van der Waals surface area contributed by atoms with E-state index in [-0.39, 0.29) is 15.5 Å². The number of anilines is 1. The maximum atomic E-state index is 12.7. The molecule has 3 aromatic rings. The fourth-order valence-corrected chi connectivity index (χ4v) is 4.49. The number of benzene rings is 2. The summed E-state index contributed by atoms with van der Waals surface area (Å²) in [6.07, 6.45) is 0. The molecule has 0 radical (unpaired) electrons. The Balaban J connectivity index is 1.82. The standard InChI is InChI=1S/C20H21ClN4O3S2/c1-12(2)13-5-7-14(8-6-13)19-23-24-20(29-19)22-18(26)16-11-15(9-10-17(16)21)30(27,28)25(3)4/h5-12H,1-4H3,(H,22,24,26). The van der Waals surface area contributed by atoms with Gasteiger partial charge in [-0.25, -0.2) is 12.7 Å². The van der Waals surface area contributed by atoms with Crippen LogP contribution in [0.3, 0.4) is 0 Å². The number of hydrogen-bond acceptors (Lipinski definition) is 6. The molecule has 158 valence electrons. The van der Waals surface area contributed by atoms with Crippen molar-refractivity contribution in [3.05, 3.63) is 58.6 Å². The zero-order valence-corrected chi connectivity index (χ0v) is 19.3. The molecule has 0 aliphatic heterocycles. The molecule has 1 amide bonds. The summed E-state index contributed by atoms with van der Waals surface area (Å²) in [6.45, 7) is 4.25. The van der Waals surface area contributed by atoms with E-state index < -0.39 is 15.9 Å². The van der Waals surface area contributed by atoms with E-state index in [1.165, 1.54) is 49.2 Å². The number of amides is 1. The van der Waals surface area contributed by atoms with Crippen LogP contribution in [0.2, 0.25) is 5.02 Å². The maximum absolute atomic E-state index is 12.7. The molecule has 10 heteroatoms. The quantitative estimate of drug-likeness (QED) is 0.580. The fraction of sp³-hybridized carbons (Fsp3) is 0.250. The highest BCUT2D eigenvalue weighted by molar-refractivity contribution is 7.89. The molecule has 1 aromatic heterocycles. The highest BCUT2D eigenvalue weighted by atomic mass is 35.5. The van der Waals surface area contributed by atoms with Crippen molar-refractivity contribution in [2.45, 2.75) is 24.7 Å². The Morgan fingerprint density at radius 2 is 1.77 bits per heavy atom. The van der Waals surface area contributed by atoms with Crippen LogP contribution in [0.15, 0.2) is 47.4 Å². The second-order valence-electron chi connectivity index (χ2n) is 7.07. The van der Waals surface area contributed by atoms with Gasteiger partial charge in [-0.05, 0) is 29.7 Å². The summed E-state index contributed by atoms with van der Waals surface area (Å²) in [6, 6.07) is 12.0. The first kappa shape index (κ1) is 22.4. The first-order valence-corrected chi connectivity index (χ1v) is 11.7. The molecular formula is C20H21ClN4O3S2. The van der Waals surface area contributed by atoms with E-state index in [2.05, 4.69) is 29.4 Å². The van der Waals surface area contributed by atoms with E-state index in [1.54, 1.807) is 0 Å². The smallest absolute Gasteiger partial charge is 0.259 e. The van der Waals surface area contributed by atoms with Crippen molar-refractivity contribution in [1.29, 1.82) is 0 Å². The van der Waals surface area contributed by atoms with Crippen LogP contribution >= 0.6 is 22.9 Å². The van der Waals surface area contributed by atoms with Crippen LogP contribution in [0.5, 0.6) is 0 Å². The lowest BCUT2D eigenvalue weighted by atomic mass is 10.0. The first-order valence-electron chi connectivity index (χ1n) is 9.07. The lowest BCUT2D eigenvalue weighted by Crippen LogP contribution is -2.23. The summed E-state index contributed by atoms with van der Waals surface area (Å²) in [5.74, 6) is -0.131.